The van der Waals surface area contributed by atoms with E-state index in [0.29, 0.717) is 24.3 Å². The molecule has 8 nitrogen and oxygen atoms in total. The van der Waals surface area contributed by atoms with E-state index in [1.165, 1.54) is 18.4 Å². The number of nitrogens with one attached hydrogen (secondary N) is 1. The van der Waals surface area contributed by atoms with E-state index < -0.39 is 10.0 Å². The number of benzene rings is 1. The van der Waals surface area contributed by atoms with Crippen LogP contribution in [0.3, 0.4) is 0 Å². The quantitative estimate of drug-likeness (QED) is 0.811. The van der Waals surface area contributed by atoms with Crippen molar-refractivity contribution in [3.63, 3.8) is 0 Å². The Hall–Kier alpha value is -2.10. The number of hydrogen-bond donors (Lipinski definition) is 1. The van der Waals surface area contributed by atoms with E-state index in [2.05, 4.69) is 15.3 Å². The summed E-state index contributed by atoms with van der Waals surface area (Å²) in [5, 5.41) is 2.90. The Morgan fingerprint density at radius 2 is 1.85 bits per heavy atom. The van der Waals surface area contributed by atoms with Crippen molar-refractivity contribution in [2.45, 2.75) is 19.9 Å². The van der Waals surface area contributed by atoms with E-state index in [1.807, 2.05) is 13.8 Å². The van der Waals surface area contributed by atoms with Gasteiger partial charge in [0.05, 0.1) is 47.4 Å². The minimum atomic E-state index is -3.37. The number of aromatic nitrogens is 2. The number of fused-ring (bicyclic) bond motifs is 1. The molecule has 27 heavy (non-hydrogen) atoms. The summed E-state index contributed by atoms with van der Waals surface area (Å²) in [7, 11) is -0.372. The molecule has 1 amide bonds. The van der Waals surface area contributed by atoms with Crippen molar-refractivity contribution in [2.75, 3.05) is 33.1 Å². The first-order chi connectivity index (χ1) is 12.7. The lowest BCUT2D eigenvalue weighted by Gasteiger charge is -2.21. The summed E-state index contributed by atoms with van der Waals surface area (Å²) in [6.07, 6.45) is 0. The maximum Gasteiger partial charge on any atom is 0.251 e. The van der Waals surface area contributed by atoms with Crippen molar-refractivity contribution >= 4 is 27.0 Å². The van der Waals surface area contributed by atoms with Crippen molar-refractivity contribution in [2.24, 2.45) is 5.92 Å². The average Bonchev–Trinajstić information content (AvgIpc) is 3.01. The number of sulfonamides is 1. The lowest BCUT2D eigenvalue weighted by atomic mass is 10.1. The van der Waals surface area contributed by atoms with Crippen LogP contribution in [-0.2, 0) is 14.8 Å². The van der Waals surface area contributed by atoms with Gasteiger partial charge in [-0.3, -0.25) is 4.79 Å². The van der Waals surface area contributed by atoms with Gasteiger partial charge in [-0.25, -0.2) is 22.7 Å². The van der Waals surface area contributed by atoms with Crippen LogP contribution >= 0.6 is 0 Å². The van der Waals surface area contributed by atoms with Crippen LogP contribution in [0.25, 0.3) is 11.0 Å². The highest BCUT2D eigenvalue weighted by atomic mass is 32.2. The zero-order valence-electron chi connectivity index (χ0n) is 15.9. The largest absolute Gasteiger partial charge is 0.379 e. The fourth-order valence-electron chi connectivity index (χ4n) is 2.97. The molecule has 1 aromatic carbocycles. The van der Waals surface area contributed by atoms with Gasteiger partial charge < -0.3 is 10.1 Å². The van der Waals surface area contributed by atoms with E-state index in [1.54, 1.807) is 18.2 Å². The molecular formula is C18H24N4O4S. The first kappa shape index (κ1) is 19.7. The molecule has 0 bridgehead atoms. The molecule has 2 atom stereocenters. The number of amides is 1. The molecule has 1 aliphatic heterocycles. The van der Waals surface area contributed by atoms with Crippen molar-refractivity contribution in [1.29, 1.82) is 0 Å². The van der Waals surface area contributed by atoms with E-state index in [-0.39, 0.29) is 23.6 Å². The van der Waals surface area contributed by atoms with Crippen LogP contribution in [0.15, 0.2) is 18.2 Å². The van der Waals surface area contributed by atoms with E-state index in [0.717, 1.165) is 16.9 Å². The second-order valence-corrected chi connectivity index (χ2v) is 9.26. The Kier molecular flexibility index (Phi) is 5.45. The number of carbonyl (C=O) groups is 1. The van der Waals surface area contributed by atoms with Crippen LogP contribution in [0.2, 0.25) is 0 Å². The lowest BCUT2D eigenvalue weighted by Crippen LogP contribution is -2.43. The molecule has 0 radical (unpaired) electrons. The topological polar surface area (TPSA) is 101 Å². The van der Waals surface area contributed by atoms with Crippen LogP contribution in [0.5, 0.6) is 0 Å². The normalized spacial score (nSPS) is 20.3. The molecule has 0 saturated carbocycles. The SMILES string of the molecule is Cc1nc2ccc(C(=O)N[C@@H]3COC[C@H]3CS(=O)(=O)N(C)C)cc2nc1C. The number of nitrogens with zero attached hydrogens (tertiary/aromatic N) is 3. The van der Waals surface area contributed by atoms with Gasteiger partial charge in [-0.1, -0.05) is 0 Å². The van der Waals surface area contributed by atoms with Gasteiger partial charge in [0.1, 0.15) is 0 Å². The maximum atomic E-state index is 12.7. The van der Waals surface area contributed by atoms with Crippen LogP contribution < -0.4 is 5.32 Å². The molecule has 1 fully saturated rings. The minimum Gasteiger partial charge on any atom is -0.379 e. The van der Waals surface area contributed by atoms with Crippen molar-refractivity contribution in [3.8, 4) is 0 Å². The first-order valence-electron chi connectivity index (χ1n) is 8.71. The highest BCUT2D eigenvalue weighted by Crippen LogP contribution is 2.19. The smallest absolute Gasteiger partial charge is 0.251 e. The molecule has 0 spiro atoms. The molecule has 3 rings (SSSR count). The molecule has 1 aromatic heterocycles. The van der Waals surface area contributed by atoms with Gasteiger partial charge in [0.25, 0.3) is 5.91 Å². The Labute approximate surface area is 159 Å². The third-order valence-electron chi connectivity index (χ3n) is 4.83. The van der Waals surface area contributed by atoms with Gasteiger partial charge in [-0.15, -0.1) is 0 Å². The van der Waals surface area contributed by atoms with Gasteiger partial charge in [0, 0.05) is 25.6 Å². The van der Waals surface area contributed by atoms with E-state index in [4.69, 9.17) is 4.74 Å². The highest BCUT2D eigenvalue weighted by molar-refractivity contribution is 7.89. The predicted octanol–water partition coefficient (Wildman–Crippen LogP) is 0.883. The Morgan fingerprint density at radius 1 is 1.19 bits per heavy atom. The molecule has 9 heteroatoms. The van der Waals surface area contributed by atoms with Crippen LogP contribution in [-0.4, -0.2) is 67.7 Å². The standard InChI is InChI=1S/C18H24N4O4S/c1-11-12(2)20-16-7-13(5-6-15(16)19-11)18(23)21-17-9-26-8-14(17)10-27(24,25)22(3)4/h5-7,14,17H,8-10H2,1-4H3,(H,21,23)/t14-,17+/m0/s1. The third kappa shape index (κ3) is 4.26. The summed E-state index contributed by atoms with van der Waals surface area (Å²) in [6.45, 7) is 4.37. The number of rotatable bonds is 5. The van der Waals surface area contributed by atoms with Gasteiger partial charge in [0.15, 0.2) is 0 Å². The molecule has 1 N–H and O–H groups in total. The second kappa shape index (κ2) is 7.49. The summed E-state index contributed by atoms with van der Waals surface area (Å²) < 4.78 is 30.9. The summed E-state index contributed by atoms with van der Waals surface area (Å²) >= 11 is 0. The second-order valence-electron chi connectivity index (χ2n) is 7.04. The monoisotopic (exact) mass is 392 g/mol. The molecule has 2 aromatic rings. The molecule has 1 aliphatic rings. The molecule has 1 saturated heterocycles. The maximum absolute atomic E-state index is 12.7. The number of ether oxygens (including phenoxy) is 1. The van der Waals surface area contributed by atoms with Crippen LogP contribution in [0.4, 0.5) is 0 Å². The van der Waals surface area contributed by atoms with E-state index in [9.17, 15) is 13.2 Å². The summed E-state index contributed by atoms with van der Waals surface area (Å²) in [5.74, 6) is -0.627. The summed E-state index contributed by atoms with van der Waals surface area (Å²) in [6, 6.07) is 4.81. The lowest BCUT2D eigenvalue weighted by molar-refractivity contribution is 0.0926. The molecule has 0 aliphatic carbocycles. The zero-order valence-corrected chi connectivity index (χ0v) is 16.7. The van der Waals surface area contributed by atoms with Gasteiger partial charge >= 0.3 is 0 Å². The third-order valence-corrected chi connectivity index (χ3v) is 6.80. The average molecular weight is 392 g/mol. The summed E-state index contributed by atoms with van der Waals surface area (Å²) in [4.78, 5) is 21.6. The minimum absolute atomic E-state index is 0.0629. The number of hydrogen-bond acceptors (Lipinski definition) is 6. The fourth-order valence-corrected chi connectivity index (χ4v) is 4.13. The summed E-state index contributed by atoms with van der Waals surface area (Å²) in [5.41, 5.74) is 3.51. The van der Waals surface area contributed by atoms with E-state index >= 15 is 0 Å². The van der Waals surface area contributed by atoms with Crippen molar-refractivity contribution < 1.29 is 17.9 Å². The van der Waals surface area contributed by atoms with Crippen molar-refractivity contribution in [1.82, 2.24) is 19.6 Å². The Morgan fingerprint density at radius 3 is 2.52 bits per heavy atom. The van der Waals surface area contributed by atoms with Crippen LogP contribution in [0, 0.1) is 19.8 Å². The van der Waals surface area contributed by atoms with Gasteiger partial charge in [0.2, 0.25) is 10.0 Å². The van der Waals surface area contributed by atoms with Crippen molar-refractivity contribution in [3.05, 3.63) is 35.2 Å². The molecular weight excluding hydrogens is 368 g/mol. The fraction of sp³-hybridized carbons (Fsp3) is 0.500. The van der Waals surface area contributed by atoms with Gasteiger partial charge in [-0.05, 0) is 32.0 Å². The van der Waals surface area contributed by atoms with Crippen LogP contribution in [0.1, 0.15) is 21.7 Å². The molecule has 0 unspecified atom stereocenters. The number of carbonyl (C=O) groups excluding carboxylic acids is 1. The zero-order chi connectivity index (χ0) is 19.8. The Balaban J connectivity index is 1.76. The highest BCUT2D eigenvalue weighted by Gasteiger charge is 2.34. The molecule has 2 heterocycles. The van der Waals surface area contributed by atoms with Gasteiger partial charge in [-0.2, -0.15) is 0 Å². The Bertz CT molecular complexity index is 975. The first-order valence-corrected chi connectivity index (χ1v) is 10.3. The number of aryl methyl sites for hydroxylation is 2. The molecule has 146 valence electrons. The predicted molar refractivity (Wildman–Crippen MR) is 102 cm³/mol.